The van der Waals surface area contributed by atoms with Gasteiger partial charge in [-0.05, 0) is 43.7 Å². The molecule has 4 rings (SSSR count). The first kappa shape index (κ1) is 23.7. The van der Waals surface area contributed by atoms with Crippen molar-refractivity contribution in [3.05, 3.63) is 47.9 Å². The molecule has 33 heavy (non-hydrogen) atoms. The van der Waals surface area contributed by atoms with Crippen LogP contribution in [0.1, 0.15) is 24.2 Å². The highest BCUT2D eigenvalue weighted by Crippen LogP contribution is 2.34. The fraction of sp³-hybridized carbons (Fsp3) is 0.474. The van der Waals surface area contributed by atoms with Crippen molar-refractivity contribution in [2.75, 3.05) is 19.6 Å². The van der Waals surface area contributed by atoms with E-state index in [1.807, 2.05) is 4.90 Å². The minimum atomic E-state index is -4.84. The van der Waals surface area contributed by atoms with E-state index in [-0.39, 0.29) is 12.3 Å². The number of aromatic nitrogens is 2. The summed E-state index contributed by atoms with van der Waals surface area (Å²) in [5.41, 5.74) is -2.49. The summed E-state index contributed by atoms with van der Waals surface area (Å²) in [5.74, 6) is -0.0982. The van der Waals surface area contributed by atoms with E-state index in [9.17, 15) is 34.8 Å². The second-order valence-corrected chi connectivity index (χ2v) is 9.44. The standard InChI is InChI=1S/C19H18F6N4O3S/c20-18(21,22)14-7-6-12(11-26-14)32-17-13-3-2-8-28(13)9-10-29(17)33(30,31)16-5-1-4-15(27-16)19(23,24)25/h1,4-7,11,13,17H,2-3,8-10H2. The molecular weight excluding hydrogens is 478 g/mol. The highest BCUT2D eigenvalue weighted by atomic mass is 32.2. The molecule has 180 valence electrons. The third-order valence-corrected chi connectivity index (χ3v) is 7.27. The lowest BCUT2D eigenvalue weighted by Crippen LogP contribution is -2.61. The maximum atomic E-state index is 13.3. The molecule has 2 aliphatic rings. The average Bonchev–Trinajstić information content (AvgIpc) is 3.22. The predicted molar refractivity (Wildman–Crippen MR) is 101 cm³/mol. The summed E-state index contributed by atoms with van der Waals surface area (Å²) in [7, 11) is -4.51. The van der Waals surface area contributed by atoms with Crippen LogP contribution in [0.4, 0.5) is 26.3 Å². The van der Waals surface area contributed by atoms with Gasteiger partial charge in [0.05, 0.1) is 12.2 Å². The molecular formula is C19H18F6N4O3S. The Morgan fingerprint density at radius 2 is 1.67 bits per heavy atom. The Morgan fingerprint density at radius 1 is 0.939 bits per heavy atom. The van der Waals surface area contributed by atoms with E-state index in [2.05, 4.69) is 9.97 Å². The van der Waals surface area contributed by atoms with Crippen molar-refractivity contribution in [1.82, 2.24) is 19.2 Å². The third-order valence-electron chi connectivity index (χ3n) is 5.51. The summed E-state index contributed by atoms with van der Waals surface area (Å²) in [6.45, 7) is 0.912. The Bertz CT molecular complexity index is 1110. The van der Waals surface area contributed by atoms with Gasteiger partial charge < -0.3 is 4.74 Å². The van der Waals surface area contributed by atoms with Crippen molar-refractivity contribution in [3.8, 4) is 5.75 Å². The maximum absolute atomic E-state index is 13.3. The van der Waals surface area contributed by atoms with Gasteiger partial charge in [0, 0.05) is 13.1 Å². The van der Waals surface area contributed by atoms with E-state index in [1.165, 1.54) is 0 Å². The number of alkyl halides is 6. The van der Waals surface area contributed by atoms with Crippen LogP contribution < -0.4 is 4.74 Å². The Balaban J connectivity index is 1.67. The van der Waals surface area contributed by atoms with Crippen LogP contribution in [-0.4, -0.2) is 59.5 Å². The summed E-state index contributed by atoms with van der Waals surface area (Å²) >= 11 is 0. The molecule has 14 heteroatoms. The lowest BCUT2D eigenvalue weighted by molar-refractivity contribution is -0.142. The van der Waals surface area contributed by atoms with Crippen molar-refractivity contribution in [2.24, 2.45) is 0 Å². The van der Waals surface area contributed by atoms with Crippen molar-refractivity contribution in [2.45, 2.75) is 42.5 Å². The lowest BCUT2D eigenvalue weighted by atomic mass is 10.1. The van der Waals surface area contributed by atoms with Crippen LogP contribution in [0, 0.1) is 0 Å². The van der Waals surface area contributed by atoms with Gasteiger partial charge in [0.2, 0.25) is 0 Å². The maximum Gasteiger partial charge on any atom is 0.433 e. The first-order chi connectivity index (χ1) is 15.4. The molecule has 2 unspecified atom stereocenters. The molecule has 0 aliphatic carbocycles. The van der Waals surface area contributed by atoms with E-state index in [0.717, 1.165) is 35.1 Å². The van der Waals surface area contributed by atoms with Crippen molar-refractivity contribution >= 4 is 10.0 Å². The molecule has 2 aromatic heterocycles. The van der Waals surface area contributed by atoms with Gasteiger partial charge in [-0.3, -0.25) is 4.90 Å². The van der Waals surface area contributed by atoms with Crippen molar-refractivity contribution in [1.29, 1.82) is 0 Å². The Kier molecular flexibility index (Phi) is 6.03. The number of rotatable bonds is 4. The number of hydrogen-bond acceptors (Lipinski definition) is 6. The van der Waals surface area contributed by atoms with Crippen LogP contribution >= 0.6 is 0 Å². The summed E-state index contributed by atoms with van der Waals surface area (Å²) in [5, 5.41) is -0.789. The quantitative estimate of drug-likeness (QED) is 0.605. The van der Waals surface area contributed by atoms with E-state index >= 15 is 0 Å². The fourth-order valence-electron chi connectivity index (χ4n) is 3.99. The van der Waals surface area contributed by atoms with Crippen molar-refractivity contribution in [3.63, 3.8) is 0 Å². The number of nitrogens with zero attached hydrogens (tertiary/aromatic N) is 4. The first-order valence-electron chi connectivity index (χ1n) is 9.87. The Morgan fingerprint density at radius 3 is 2.30 bits per heavy atom. The zero-order valence-corrected chi connectivity index (χ0v) is 17.7. The van der Waals surface area contributed by atoms with E-state index in [0.29, 0.717) is 31.6 Å². The zero-order valence-electron chi connectivity index (χ0n) is 16.8. The van der Waals surface area contributed by atoms with Crippen LogP contribution in [0.3, 0.4) is 0 Å². The van der Waals surface area contributed by atoms with Crippen molar-refractivity contribution < 1.29 is 39.5 Å². The van der Waals surface area contributed by atoms with Gasteiger partial charge in [-0.1, -0.05) is 6.07 Å². The summed E-state index contributed by atoms with van der Waals surface area (Å²) in [4.78, 5) is 8.59. The molecule has 4 heterocycles. The van der Waals surface area contributed by atoms with E-state index in [4.69, 9.17) is 4.74 Å². The van der Waals surface area contributed by atoms with Gasteiger partial charge in [0.25, 0.3) is 10.0 Å². The number of pyridine rings is 2. The normalized spacial score (nSPS) is 22.8. The molecule has 2 atom stereocenters. The van der Waals surface area contributed by atoms with Crippen LogP contribution in [-0.2, 0) is 22.4 Å². The number of fused-ring (bicyclic) bond motifs is 1. The van der Waals surface area contributed by atoms with E-state index in [1.54, 1.807) is 0 Å². The van der Waals surface area contributed by atoms with Crippen LogP contribution in [0.2, 0.25) is 0 Å². The third kappa shape index (κ3) is 4.77. The Labute approximate surface area is 185 Å². The highest BCUT2D eigenvalue weighted by molar-refractivity contribution is 7.89. The van der Waals surface area contributed by atoms with E-state index < -0.39 is 51.1 Å². The molecule has 2 aromatic rings. The van der Waals surface area contributed by atoms with Gasteiger partial charge >= 0.3 is 12.4 Å². The lowest BCUT2D eigenvalue weighted by Gasteiger charge is -2.43. The smallest absolute Gasteiger partial charge is 0.433 e. The summed E-state index contributed by atoms with van der Waals surface area (Å²) in [6, 6.07) is 3.87. The summed E-state index contributed by atoms with van der Waals surface area (Å²) in [6.07, 6.45) is -8.55. The van der Waals surface area contributed by atoms with Crippen LogP contribution in [0.25, 0.3) is 0 Å². The first-order valence-corrected chi connectivity index (χ1v) is 11.3. The minimum absolute atomic E-state index is 0.0878. The van der Waals surface area contributed by atoms with Gasteiger partial charge in [-0.15, -0.1) is 0 Å². The number of halogens is 6. The van der Waals surface area contributed by atoms with Crippen LogP contribution in [0.15, 0.2) is 41.6 Å². The molecule has 0 radical (unpaired) electrons. The molecule has 0 aromatic carbocycles. The highest BCUT2D eigenvalue weighted by Gasteiger charge is 2.47. The topological polar surface area (TPSA) is 75.6 Å². The van der Waals surface area contributed by atoms with Crippen LogP contribution in [0.5, 0.6) is 5.75 Å². The molecule has 0 amide bonds. The molecule has 0 bridgehead atoms. The fourth-order valence-corrected chi connectivity index (χ4v) is 5.47. The zero-order chi connectivity index (χ0) is 24.0. The molecule has 2 saturated heterocycles. The SMILES string of the molecule is O=S(=O)(c1cccc(C(F)(F)F)n1)N1CCN2CCCC2C1Oc1ccc(C(F)(F)F)nc1. The van der Waals surface area contributed by atoms with Gasteiger partial charge in [0.15, 0.2) is 11.3 Å². The average molecular weight is 496 g/mol. The van der Waals surface area contributed by atoms with Gasteiger partial charge in [-0.25, -0.2) is 18.4 Å². The minimum Gasteiger partial charge on any atom is -0.471 e. The molecule has 7 nitrogen and oxygen atoms in total. The second kappa shape index (κ2) is 8.40. The number of hydrogen-bond donors (Lipinski definition) is 0. The number of sulfonamides is 1. The van der Waals surface area contributed by atoms with Gasteiger partial charge in [0.1, 0.15) is 17.1 Å². The molecule has 0 N–H and O–H groups in total. The predicted octanol–water partition coefficient (Wildman–Crippen LogP) is 3.39. The summed E-state index contributed by atoms with van der Waals surface area (Å²) < 4.78 is 111. The number of ether oxygens (including phenoxy) is 1. The van der Waals surface area contributed by atoms with Gasteiger partial charge in [-0.2, -0.15) is 30.6 Å². The molecule has 0 saturated carbocycles. The Hall–Kier alpha value is -2.45. The molecule has 0 spiro atoms. The number of piperazine rings is 1. The second-order valence-electron chi connectivity index (χ2n) is 7.61. The molecule has 2 fully saturated rings. The molecule has 2 aliphatic heterocycles. The largest absolute Gasteiger partial charge is 0.471 e. The monoisotopic (exact) mass is 496 g/mol.